The summed E-state index contributed by atoms with van der Waals surface area (Å²) in [6.07, 6.45) is -1.92. The van der Waals surface area contributed by atoms with E-state index in [0.29, 0.717) is 38.4 Å². The van der Waals surface area contributed by atoms with Crippen molar-refractivity contribution in [1.82, 2.24) is 4.31 Å². The molecule has 0 bridgehead atoms. The van der Waals surface area contributed by atoms with Gasteiger partial charge in [-0.3, -0.25) is 4.79 Å². The molecule has 11 heteroatoms. The predicted octanol–water partition coefficient (Wildman–Crippen LogP) is 3.14. The quantitative estimate of drug-likeness (QED) is 0.587. The maximum atomic E-state index is 12.7. The smallest absolute Gasteiger partial charge is 0.406 e. The molecule has 1 aromatic carbocycles. The van der Waals surface area contributed by atoms with E-state index in [4.69, 9.17) is 9.47 Å². The maximum Gasteiger partial charge on any atom is 0.573 e. The molecule has 3 rings (SSSR count). The van der Waals surface area contributed by atoms with E-state index >= 15 is 0 Å². The van der Waals surface area contributed by atoms with Gasteiger partial charge in [-0.25, -0.2) is 8.42 Å². The second kappa shape index (κ2) is 10.3. The Kier molecular flexibility index (Phi) is 7.95. The van der Waals surface area contributed by atoms with Gasteiger partial charge in [0.25, 0.3) is 0 Å². The first-order valence-electron chi connectivity index (χ1n) is 10.2. The molecule has 2 saturated heterocycles. The highest BCUT2D eigenvalue weighted by Crippen LogP contribution is 2.27. The van der Waals surface area contributed by atoms with Crippen LogP contribution in [0.3, 0.4) is 0 Å². The summed E-state index contributed by atoms with van der Waals surface area (Å²) in [5.41, 5.74) is 0. The van der Waals surface area contributed by atoms with Crippen molar-refractivity contribution < 1.29 is 40.6 Å². The summed E-state index contributed by atoms with van der Waals surface area (Å²) < 4.78 is 78.2. The molecule has 174 valence electrons. The zero-order chi connectivity index (χ0) is 22.5. The van der Waals surface area contributed by atoms with E-state index in [9.17, 15) is 26.4 Å². The predicted molar refractivity (Wildman–Crippen MR) is 104 cm³/mol. The Balaban J connectivity index is 1.45. The summed E-state index contributed by atoms with van der Waals surface area (Å²) in [5.74, 6) is -0.100. The minimum Gasteiger partial charge on any atom is -0.406 e. The third-order valence-electron chi connectivity index (χ3n) is 5.43. The molecule has 2 heterocycles. The van der Waals surface area contributed by atoms with E-state index in [-0.39, 0.29) is 36.5 Å². The van der Waals surface area contributed by atoms with Crippen molar-refractivity contribution in [2.24, 2.45) is 5.92 Å². The highest BCUT2D eigenvalue weighted by molar-refractivity contribution is 7.89. The summed E-state index contributed by atoms with van der Waals surface area (Å²) in [6.45, 7) is 1.81. The number of benzene rings is 1. The van der Waals surface area contributed by atoms with Gasteiger partial charge in [-0.1, -0.05) is 0 Å². The molecule has 0 aromatic heterocycles. The van der Waals surface area contributed by atoms with Gasteiger partial charge in [-0.2, -0.15) is 4.31 Å². The number of ketones is 1. The van der Waals surface area contributed by atoms with Crippen LogP contribution in [0.4, 0.5) is 13.2 Å². The number of rotatable bonds is 8. The van der Waals surface area contributed by atoms with Gasteiger partial charge >= 0.3 is 6.36 Å². The molecule has 0 unspecified atom stereocenters. The zero-order valence-electron chi connectivity index (χ0n) is 17.0. The van der Waals surface area contributed by atoms with Crippen LogP contribution >= 0.6 is 0 Å². The van der Waals surface area contributed by atoms with Crippen LogP contribution in [0, 0.1) is 5.92 Å². The number of Topliss-reactive ketones (excluding diaryl/α,β-unsaturated/α-hetero) is 1. The monoisotopic (exact) mass is 465 g/mol. The van der Waals surface area contributed by atoms with Gasteiger partial charge in [0.1, 0.15) is 12.4 Å². The Labute approximate surface area is 179 Å². The highest BCUT2D eigenvalue weighted by Gasteiger charge is 2.32. The molecule has 0 spiro atoms. The molecule has 1 aromatic rings. The molecule has 0 saturated carbocycles. The van der Waals surface area contributed by atoms with Crippen LogP contribution in [0.15, 0.2) is 29.2 Å². The van der Waals surface area contributed by atoms with Crippen LogP contribution in [0.5, 0.6) is 5.75 Å². The molecular weight excluding hydrogens is 439 g/mol. The van der Waals surface area contributed by atoms with Crippen molar-refractivity contribution in [1.29, 1.82) is 0 Å². The molecule has 2 aliphatic heterocycles. The molecule has 31 heavy (non-hydrogen) atoms. The second-order valence-electron chi connectivity index (χ2n) is 7.73. The van der Waals surface area contributed by atoms with E-state index in [0.717, 1.165) is 37.1 Å². The Morgan fingerprint density at radius 2 is 1.68 bits per heavy atom. The first-order chi connectivity index (χ1) is 14.6. The molecule has 2 fully saturated rings. The van der Waals surface area contributed by atoms with Crippen LogP contribution in [0.25, 0.3) is 0 Å². The Morgan fingerprint density at radius 3 is 2.26 bits per heavy atom. The molecule has 0 aliphatic carbocycles. The summed E-state index contributed by atoms with van der Waals surface area (Å²) in [6, 6.07) is 4.13. The standard InChI is InChI=1S/C20H26F3NO6S/c21-20(22,23)30-18-1-3-19(4-2-18)31(26,27)24-9-5-17(6-10-24)29-14-16(25)13-15-7-11-28-12-8-15/h1-4,15,17H,5-14H2. The fraction of sp³-hybridized carbons (Fsp3) is 0.650. The molecule has 0 atom stereocenters. The van der Waals surface area contributed by atoms with Crippen molar-refractivity contribution >= 4 is 15.8 Å². The second-order valence-corrected chi connectivity index (χ2v) is 9.67. The lowest BCUT2D eigenvalue weighted by Crippen LogP contribution is -2.41. The van der Waals surface area contributed by atoms with Gasteiger partial charge in [0.15, 0.2) is 5.78 Å². The number of hydrogen-bond donors (Lipinski definition) is 0. The number of alkyl halides is 3. The van der Waals surface area contributed by atoms with Crippen LogP contribution in [0.1, 0.15) is 32.1 Å². The molecule has 0 radical (unpaired) electrons. The number of carbonyl (C=O) groups is 1. The van der Waals surface area contributed by atoms with Crippen LogP contribution in [-0.4, -0.2) is 63.9 Å². The van der Waals surface area contributed by atoms with Gasteiger partial charge < -0.3 is 14.2 Å². The minimum atomic E-state index is -4.84. The fourth-order valence-corrected chi connectivity index (χ4v) is 5.21. The van der Waals surface area contributed by atoms with Crippen molar-refractivity contribution in [3.05, 3.63) is 24.3 Å². The van der Waals surface area contributed by atoms with E-state index < -0.39 is 22.1 Å². The SMILES string of the molecule is O=C(COC1CCN(S(=O)(=O)c2ccc(OC(F)(F)F)cc2)CC1)CC1CCOCC1. The molecule has 2 aliphatic rings. The van der Waals surface area contributed by atoms with Gasteiger partial charge in [0.2, 0.25) is 10.0 Å². The number of piperidine rings is 1. The topological polar surface area (TPSA) is 82.1 Å². The Morgan fingerprint density at radius 1 is 1.06 bits per heavy atom. The van der Waals surface area contributed by atoms with Gasteiger partial charge in [-0.05, 0) is 55.9 Å². The van der Waals surface area contributed by atoms with E-state index in [2.05, 4.69) is 4.74 Å². The number of carbonyl (C=O) groups excluding carboxylic acids is 1. The first-order valence-corrected chi connectivity index (χ1v) is 11.6. The van der Waals surface area contributed by atoms with E-state index in [1.807, 2.05) is 0 Å². The molecule has 7 nitrogen and oxygen atoms in total. The summed E-state index contributed by atoms with van der Waals surface area (Å²) >= 11 is 0. The maximum absolute atomic E-state index is 12.7. The van der Waals surface area contributed by atoms with Gasteiger partial charge in [0, 0.05) is 32.7 Å². The summed E-state index contributed by atoms with van der Waals surface area (Å²) in [7, 11) is -3.83. The first kappa shape index (κ1) is 24.0. The van der Waals surface area contributed by atoms with Crippen molar-refractivity contribution in [2.75, 3.05) is 32.9 Å². The highest BCUT2D eigenvalue weighted by atomic mass is 32.2. The van der Waals surface area contributed by atoms with Crippen LogP contribution < -0.4 is 4.74 Å². The van der Waals surface area contributed by atoms with Crippen molar-refractivity contribution in [2.45, 2.75) is 49.5 Å². The molecule has 0 N–H and O–H groups in total. The Bertz CT molecular complexity index is 829. The molecule has 0 amide bonds. The normalized spacial score (nSPS) is 20.0. The lowest BCUT2D eigenvalue weighted by molar-refractivity contribution is -0.274. The lowest BCUT2D eigenvalue weighted by Gasteiger charge is -2.31. The number of halogens is 3. The van der Waals surface area contributed by atoms with Crippen LogP contribution in [0.2, 0.25) is 0 Å². The van der Waals surface area contributed by atoms with Gasteiger partial charge in [0.05, 0.1) is 11.0 Å². The third-order valence-corrected chi connectivity index (χ3v) is 7.35. The average Bonchev–Trinajstić information content (AvgIpc) is 2.72. The number of nitrogens with zero attached hydrogens (tertiary/aromatic N) is 1. The molecular formula is C20H26F3NO6S. The largest absolute Gasteiger partial charge is 0.573 e. The van der Waals surface area contributed by atoms with E-state index in [1.54, 1.807) is 0 Å². The minimum absolute atomic E-state index is 0.0233. The third kappa shape index (κ3) is 7.16. The average molecular weight is 465 g/mol. The number of ether oxygens (including phenoxy) is 3. The Hall–Kier alpha value is -1.69. The number of hydrogen-bond acceptors (Lipinski definition) is 6. The van der Waals surface area contributed by atoms with E-state index in [1.165, 1.54) is 4.31 Å². The summed E-state index contributed by atoms with van der Waals surface area (Å²) in [4.78, 5) is 12.0. The van der Waals surface area contributed by atoms with Gasteiger partial charge in [-0.15, -0.1) is 13.2 Å². The van der Waals surface area contributed by atoms with Crippen molar-refractivity contribution in [3.63, 3.8) is 0 Å². The lowest BCUT2D eigenvalue weighted by atomic mass is 9.94. The zero-order valence-corrected chi connectivity index (χ0v) is 17.8. The fourth-order valence-electron chi connectivity index (χ4n) is 3.74. The number of sulfonamides is 1. The van der Waals surface area contributed by atoms with Crippen molar-refractivity contribution in [3.8, 4) is 5.75 Å². The van der Waals surface area contributed by atoms with Crippen LogP contribution in [-0.2, 0) is 24.3 Å². The summed E-state index contributed by atoms with van der Waals surface area (Å²) in [5, 5.41) is 0.